The smallest absolute Gasteiger partial charge is 0.223 e. The molecule has 2 rings (SSSR count). The highest BCUT2D eigenvalue weighted by Gasteiger charge is 2.06. The summed E-state index contributed by atoms with van der Waals surface area (Å²) in [7, 11) is 0. The maximum Gasteiger partial charge on any atom is 0.223 e. The fourth-order valence-electron chi connectivity index (χ4n) is 1.28. The van der Waals surface area contributed by atoms with Crippen molar-refractivity contribution >= 4 is 22.4 Å². The van der Waals surface area contributed by atoms with Gasteiger partial charge in [-0.3, -0.25) is 9.78 Å². The number of nitrogens with one attached hydrogen (secondary N) is 1. The molecule has 0 aromatic carbocycles. The van der Waals surface area contributed by atoms with Crippen molar-refractivity contribution in [3.8, 4) is 11.8 Å². The summed E-state index contributed by atoms with van der Waals surface area (Å²) in [5.41, 5.74) is 1.67. The van der Waals surface area contributed by atoms with Gasteiger partial charge < -0.3 is 5.32 Å². The Morgan fingerprint density at radius 3 is 2.94 bits per heavy atom. The van der Waals surface area contributed by atoms with E-state index < -0.39 is 0 Å². The molecule has 5 heteroatoms. The molecule has 2 heterocycles. The number of carbonyl (C=O) groups excluding carboxylic acids is 1. The molecule has 0 unspecified atom stereocenters. The van der Waals surface area contributed by atoms with Crippen LogP contribution in [0.4, 0.5) is 5.13 Å². The number of hydrogen-bond acceptors (Lipinski definition) is 4. The number of amides is 1. The van der Waals surface area contributed by atoms with Gasteiger partial charge in [0.05, 0.1) is 5.69 Å². The van der Waals surface area contributed by atoms with Gasteiger partial charge in [0.1, 0.15) is 4.88 Å². The van der Waals surface area contributed by atoms with Crippen LogP contribution in [0.2, 0.25) is 0 Å². The van der Waals surface area contributed by atoms with Crippen molar-refractivity contribution in [3.05, 3.63) is 40.7 Å². The van der Waals surface area contributed by atoms with Crippen molar-refractivity contribution in [3.63, 3.8) is 0 Å². The van der Waals surface area contributed by atoms with Gasteiger partial charge in [-0.15, -0.1) is 0 Å². The van der Waals surface area contributed by atoms with Crippen LogP contribution in [0.1, 0.15) is 23.1 Å². The highest BCUT2D eigenvalue weighted by molar-refractivity contribution is 7.16. The molecule has 1 N–H and O–H groups in total. The van der Waals surface area contributed by atoms with Gasteiger partial charge in [-0.25, -0.2) is 4.98 Å². The van der Waals surface area contributed by atoms with Gasteiger partial charge in [-0.05, 0) is 25.0 Å². The van der Waals surface area contributed by atoms with Crippen LogP contribution in [0.25, 0.3) is 0 Å². The van der Waals surface area contributed by atoms with E-state index in [0.29, 0.717) is 5.13 Å². The Hall–Kier alpha value is -2.19. The summed E-state index contributed by atoms with van der Waals surface area (Å²) in [6.45, 7) is 3.33. The average Bonchev–Trinajstić information content (AvgIpc) is 2.67. The van der Waals surface area contributed by atoms with Gasteiger partial charge >= 0.3 is 0 Å². The van der Waals surface area contributed by atoms with Gasteiger partial charge in [0.25, 0.3) is 0 Å². The Balaban J connectivity index is 2.22. The van der Waals surface area contributed by atoms with Crippen molar-refractivity contribution in [1.82, 2.24) is 9.97 Å². The van der Waals surface area contributed by atoms with E-state index in [0.717, 1.165) is 16.1 Å². The zero-order valence-electron chi connectivity index (χ0n) is 10.0. The summed E-state index contributed by atoms with van der Waals surface area (Å²) >= 11 is 1.37. The van der Waals surface area contributed by atoms with E-state index in [2.05, 4.69) is 27.1 Å². The maximum absolute atomic E-state index is 10.9. The predicted molar refractivity (Wildman–Crippen MR) is 71.4 cm³/mol. The highest BCUT2D eigenvalue weighted by Crippen LogP contribution is 2.21. The molecule has 90 valence electrons. The normalized spacial score (nSPS) is 9.44. The van der Waals surface area contributed by atoms with E-state index in [9.17, 15) is 4.79 Å². The summed E-state index contributed by atoms with van der Waals surface area (Å²) in [6, 6.07) is 3.73. The fraction of sp³-hybridized carbons (Fsp3) is 0.154. The number of pyridine rings is 1. The average molecular weight is 257 g/mol. The van der Waals surface area contributed by atoms with Crippen LogP contribution in [0, 0.1) is 18.8 Å². The lowest BCUT2D eigenvalue weighted by Crippen LogP contribution is -2.04. The van der Waals surface area contributed by atoms with Crippen molar-refractivity contribution in [2.45, 2.75) is 13.8 Å². The number of thiazole rings is 1. The van der Waals surface area contributed by atoms with E-state index in [-0.39, 0.29) is 5.91 Å². The minimum atomic E-state index is -0.129. The second-order valence-electron chi connectivity index (χ2n) is 3.61. The van der Waals surface area contributed by atoms with Gasteiger partial charge in [0.15, 0.2) is 5.13 Å². The fourth-order valence-corrected chi connectivity index (χ4v) is 2.15. The third-order valence-electron chi connectivity index (χ3n) is 2.06. The number of hydrogen-bond donors (Lipinski definition) is 1. The number of anilines is 1. The predicted octanol–water partition coefficient (Wildman–Crippen LogP) is 2.20. The summed E-state index contributed by atoms with van der Waals surface area (Å²) in [5, 5.41) is 3.23. The molecule has 1 amide bonds. The van der Waals surface area contributed by atoms with E-state index in [1.165, 1.54) is 18.3 Å². The Kier molecular flexibility index (Phi) is 3.70. The number of rotatable bonds is 1. The zero-order valence-corrected chi connectivity index (χ0v) is 10.8. The van der Waals surface area contributed by atoms with E-state index in [1.807, 2.05) is 19.1 Å². The number of aryl methyl sites for hydroxylation is 1. The Morgan fingerprint density at radius 2 is 2.28 bits per heavy atom. The van der Waals surface area contributed by atoms with Crippen molar-refractivity contribution < 1.29 is 4.79 Å². The lowest BCUT2D eigenvalue weighted by molar-refractivity contribution is -0.114. The molecular weight excluding hydrogens is 246 g/mol. The lowest BCUT2D eigenvalue weighted by atomic mass is 10.3. The second kappa shape index (κ2) is 5.43. The largest absolute Gasteiger partial charge is 0.302 e. The quantitative estimate of drug-likeness (QED) is 0.797. The topological polar surface area (TPSA) is 54.9 Å². The van der Waals surface area contributed by atoms with Gasteiger partial charge in [-0.2, -0.15) is 0 Å². The van der Waals surface area contributed by atoms with Gasteiger partial charge in [0, 0.05) is 24.9 Å². The Labute approximate surface area is 109 Å². The maximum atomic E-state index is 10.9. The Bertz CT molecular complexity index is 623. The minimum absolute atomic E-state index is 0.129. The van der Waals surface area contributed by atoms with Crippen LogP contribution in [-0.4, -0.2) is 15.9 Å². The van der Waals surface area contributed by atoms with Crippen LogP contribution in [0.15, 0.2) is 24.5 Å². The standard InChI is InChI=1S/C13H11N3OS/c1-9-12(18-13(15-9)16-10(2)17)6-5-11-4-3-7-14-8-11/h3-4,7-8H,1-2H3,(H,15,16,17). The molecule has 0 fully saturated rings. The Morgan fingerprint density at radius 1 is 1.44 bits per heavy atom. The first-order chi connectivity index (χ1) is 8.65. The summed E-state index contributed by atoms with van der Waals surface area (Å²) in [5.74, 6) is 5.92. The van der Waals surface area contributed by atoms with E-state index >= 15 is 0 Å². The second-order valence-corrected chi connectivity index (χ2v) is 4.61. The molecular formula is C13H11N3OS. The third kappa shape index (κ3) is 3.15. The monoisotopic (exact) mass is 257 g/mol. The first kappa shape index (κ1) is 12.3. The molecule has 4 nitrogen and oxygen atoms in total. The molecule has 0 aliphatic carbocycles. The number of nitrogens with zero attached hydrogens (tertiary/aromatic N) is 2. The summed E-state index contributed by atoms with van der Waals surface area (Å²) < 4.78 is 0. The molecule has 18 heavy (non-hydrogen) atoms. The number of aromatic nitrogens is 2. The van der Waals surface area contributed by atoms with E-state index in [1.54, 1.807) is 12.4 Å². The van der Waals surface area contributed by atoms with Crippen molar-refractivity contribution in [2.24, 2.45) is 0 Å². The summed E-state index contributed by atoms with van der Waals surface area (Å²) in [4.78, 5) is 20.0. The zero-order chi connectivity index (χ0) is 13.0. The highest BCUT2D eigenvalue weighted by atomic mass is 32.1. The lowest BCUT2D eigenvalue weighted by Gasteiger charge is -1.91. The first-order valence-electron chi connectivity index (χ1n) is 5.32. The molecule has 2 aromatic heterocycles. The molecule has 0 bridgehead atoms. The molecule has 0 aliphatic rings. The summed E-state index contributed by atoms with van der Waals surface area (Å²) in [6.07, 6.45) is 3.41. The molecule has 0 saturated heterocycles. The van der Waals surface area contributed by atoms with Crippen LogP contribution in [0.3, 0.4) is 0 Å². The molecule has 0 radical (unpaired) electrons. The van der Waals surface area contributed by atoms with Crippen molar-refractivity contribution in [2.75, 3.05) is 5.32 Å². The number of carbonyl (C=O) groups is 1. The SMILES string of the molecule is CC(=O)Nc1nc(C)c(C#Cc2cccnc2)s1. The van der Waals surface area contributed by atoms with Crippen LogP contribution < -0.4 is 5.32 Å². The van der Waals surface area contributed by atoms with Crippen LogP contribution >= 0.6 is 11.3 Å². The molecule has 0 saturated carbocycles. The molecule has 2 aromatic rings. The molecule has 0 aliphatic heterocycles. The van der Waals surface area contributed by atoms with Crippen LogP contribution in [0.5, 0.6) is 0 Å². The van der Waals surface area contributed by atoms with Crippen molar-refractivity contribution in [1.29, 1.82) is 0 Å². The van der Waals surface area contributed by atoms with Crippen LogP contribution in [-0.2, 0) is 4.79 Å². The molecule has 0 spiro atoms. The van der Waals surface area contributed by atoms with Gasteiger partial charge in [-0.1, -0.05) is 17.3 Å². The van der Waals surface area contributed by atoms with E-state index in [4.69, 9.17) is 0 Å². The minimum Gasteiger partial charge on any atom is -0.302 e. The van der Waals surface area contributed by atoms with Gasteiger partial charge in [0.2, 0.25) is 5.91 Å². The third-order valence-corrected chi connectivity index (χ3v) is 3.05. The molecule has 0 atom stereocenters. The first-order valence-corrected chi connectivity index (χ1v) is 6.14.